The second kappa shape index (κ2) is 6.07. The maximum atomic E-state index is 2.45. The van der Waals surface area contributed by atoms with Gasteiger partial charge in [-0.15, -0.1) is 0 Å². The molecular weight excluding hydrogens is 192 g/mol. The van der Waals surface area contributed by atoms with Gasteiger partial charge in [0.1, 0.15) is 0 Å². The summed E-state index contributed by atoms with van der Waals surface area (Å²) in [5.74, 6) is 4.22. The Morgan fingerprint density at radius 2 is 0.938 bits per heavy atom. The predicted octanol–water partition coefficient (Wildman–Crippen LogP) is 5.42. The zero-order chi connectivity index (χ0) is 11.4. The third-order valence-corrected chi connectivity index (χ3v) is 5.27. The molecule has 0 saturated heterocycles. The van der Waals surface area contributed by atoms with Crippen LogP contribution in [0.1, 0.15) is 78.1 Å². The van der Waals surface area contributed by atoms with E-state index in [1.165, 1.54) is 38.5 Å². The quantitative estimate of drug-likeness (QED) is 0.556. The first kappa shape index (κ1) is 12.5. The molecule has 2 aliphatic carbocycles. The molecule has 0 atom stereocenters. The highest BCUT2D eigenvalue weighted by atomic mass is 14.3. The van der Waals surface area contributed by atoms with Gasteiger partial charge in [-0.2, -0.15) is 0 Å². The van der Waals surface area contributed by atoms with Crippen molar-refractivity contribution in [2.24, 2.45) is 23.7 Å². The lowest BCUT2D eigenvalue weighted by Crippen LogP contribution is -2.22. The van der Waals surface area contributed by atoms with E-state index in [9.17, 15) is 0 Å². The molecule has 0 aliphatic heterocycles. The molecule has 0 aromatic rings. The largest absolute Gasteiger partial charge is 0.0625 e. The zero-order valence-electron chi connectivity index (χ0n) is 11.4. The van der Waals surface area contributed by atoms with Crippen LogP contribution in [-0.4, -0.2) is 0 Å². The lowest BCUT2D eigenvalue weighted by atomic mass is 9.72. The molecule has 0 aromatic heterocycles. The molecule has 0 spiro atoms. The molecule has 0 N–H and O–H groups in total. The van der Waals surface area contributed by atoms with Gasteiger partial charge in [0.2, 0.25) is 0 Å². The summed E-state index contributed by atoms with van der Waals surface area (Å²) < 4.78 is 0. The van der Waals surface area contributed by atoms with Crippen molar-refractivity contribution < 1.29 is 0 Å². The Morgan fingerprint density at radius 1 is 0.500 bits per heavy atom. The van der Waals surface area contributed by atoms with Crippen molar-refractivity contribution in [3.63, 3.8) is 0 Å². The van der Waals surface area contributed by atoms with E-state index < -0.39 is 0 Å². The van der Waals surface area contributed by atoms with Crippen molar-refractivity contribution in [2.45, 2.75) is 78.1 Å². The molecule has 16 heavy (non-hydrogen) atoms. The van der Waals surface area contributed by atoms with Gasteiger partial charge in [-0.1, -0.05) is 65.2 Å². The monoisotopic (exact) mass is 222 g/mol. The minimum absolute atomic E-state index is 1.01. The van der Waals surface area contributed by atoms with E-state index >= 15 is 0 Å². The van der Waals surface area contributed by atoms with Crippen LogP contribution >= 0.6 is 0 Å². The Hall–Kier alpha value is 0. The fourth-order valence-corrected chi connectivity index (χ4v) is 3.97. The standard InChI is InChI=1S/C16H30/c1-13-5-3-7-15(8-4-6-13)16-11-9-14(2)10-12-16/h13-16H,3-12H2,1-2H3. The molecule has 2 rings (SSSR count). The summed E-state index contributed by atoms with van der Waals surface area (Å²) in [4.78, 5) is 0. The third kappa shape index (κ3) is 3.50. The highest BCUT2D eigenvalue weighted by Crippen LogP contribution is 2.39. The summed E-state index contributed by atoms with van der Waals surface area (Å²) in [5, 5.41) is 0. The van der Waals surface area contributed by atoms with Crippen LogP contribution in [0.5, 0.6) is 0 Å². The van der Waals surface area contributed by atoms with E-state index in [0.29, 0.717) is 0 Å². The first-order valence-corrected chi connectivity index (χ1v) is 7.75. The fraction of sp³-hybridized carbons (Fsp3) is 1.00. The molecule has 2 fully saturated rings. The van der Waals surface area contributed by atoms with Gasteiger partial charge in [0.25, 0.3) is 0 Å². The lowest BCUT2D eigenvalue weighted by molar-refractivity contribution is 0.176. The van der Waals surface area contributed by atoms with Crippen molar-refractivity contribution in [3.8, 4) is 0 Å². The van der Waals surface area contributed by atoms with Crippen molar-refractivity contribution >= 4 is 0 Å². The highest BCUT2D eigenvalue weighted by Gasteiger charge is 2.26. The second-order valence-corrected chi connectivity index (χ2v) is 6.75. The normalized spacial score (nSPS) is 42.4. The summed E-state index contributed by atoms with van der Waals surface area (Å²) in [7, 11) is 0. The topological polar surface area (TPSA) is 0 Å². The number of rotatable bonds is 1. The molecule has 0 aromatic carbocycles. The summed E-state index contributed by atoms with van der Waals surface area (Å²) >= 11 is 0. The highest BCUT2D eigenvalue weighted by molar-refractivity contribution is 4.78. The first-order valence-electron chi connectivity index (χ1n) is 7.75. The van der Waals surface area contributed by atoms with Crippen LogP contribution in [0, 0.1) is 23.7 Å². The van der Waals surface area contributed by atoms with Crippen molar-refractivity contribution in [2.75, 3.05) is 0 Å². The van der Waals surface area contributed by atoms with E-state index in [4.69, 9.17) is 0 Å². The molecule has 2 aliphatic rings. The molecule has 0 amide bonds. The Bertz CT molecular complexity index is 178. The van der Waals surface area contributed by atoms with Gasteiger partial charge >= 0.3 is 0 Å². The maximum absolute atomic E-state index is 2.45. The van der Waals surface area contributed by atoms with Crippen LogP contribution in [0.4, 0.5) is 0 Å². The van der Waals surface area contributed by atoms with Gasteiger partial charge in [-0.05, 0) is 36.5 Å². The molecule has 0 nitrogen and oxygen atoms in total. The molecule has 0 unspecified atom stereocenters. The van der Waals surface area contributed by atoms with Crippen LogP contribution in [-0.2, 0) is 0 Å². The van der Waals surface area contributed by atoms with Crippen molar-refractivity contribution in [1.29, 1.82) is 0 Å². The van der Waals surface area contributed by atoms with Gasteiger partial charge in [0.05, 0.1) is 0 Å². The minimum Gasteiger partial charge on any atom is -0.0625 e. The SMILES string of the molecule is CC1CCCC(C2CCC(C)CC2)CCC1. The summed E-state index contributed by atoms with van der Waals surface area (Å²) in [5.41, 5.74) is 0. The molecule has 0 bridgehead atoms. The van der Waals surface area contributed by atoms with E-state index in [0.717, 1.165) is 23.7 Å². The molecular formula is C16H30. The number of hydrogen-bond acceptors (Lipinski definition) is 0. The van der Waals surface area contributed by atoms with Crippen molar-refractivity contribution in [3.05, 3.63) is 0 Å². The van der Waals surface area contributed by atoms with Crippen LogP contribution in [0.15, 0.2) is 0 Å². The van der Waals surface area contributed by atoms with Crippen LogP contribution in [0.3, 0.4) is 0 Å². The average molecular weight is 222 g/mol. The Balaban J connectivity index is 1.79. The van der Waals surface area contributed by atoms with Crippen LogP contribution in [0.25, 0.3) is 0 Å². The second-order valence-electron chi connectivity index (χ2n) is 6.75. The summed E-state index contributed by atoms with van der Waals surface area (Å²) in [6.45, 7) is 4.89. The summed E-state index contributed by atoms with van der Waals surface area (Å²) in [6.07, 6.45) is 15.2. The fourth-order valence-electron chi connectivity index (χ4n) is 3.97. The molecule has 0 heterocycles. The van der Waals surface area contributed by atoms with Crippen LogP contribution in [0.2, 0.25) is 0 Å². The first-order chi connectivity index (χ1) is 7.75. The molecule has 2 saturated carbocycles. The van der Waals surface area contributed by atoms with Gasteiger partial charge in [-0.3, -0.25) is 0 Å². The molecule has 0 heteroatoms. The smallest absolute Gasteiger partial charge is 0.0386 e. The predicted molar refractivity (Wildman–Crippen MR) is 71.5 cm³/mol. The van der Waals surface area contributed by atoms with Gasteiger partial charge in [0.15, 0.2) is 0 Å². The van der Waals surface area contributed by atoms with E-state index in [-0.39, 0.29) is 0 Å². The number of hydrogen-bond donors (Lipinski definition) is 0. The van der Waals surface area contributed by atoms with Gasteiger partial charge in [0, 0.05) is 0 Å². The summed E-state index contributed by atoms with van der Waals surface area (Å²) in [6, 6.07) is 0. The van der Waals surface area contributed by atoms with E-state index in [1.54, 1.807) is 25.7 Å². The Kier molecular flexibility index (Phi) is 4.73. The third-order valence-electron chi connectivity index (χ3n) is 5.27. The van der Waals surface area contributed by atoms with Gasteiger partial charge in [-0.25, -0.2) is 0 Å². The maximum Gasteiger partial charge on any atom is -0.0386 e. The van der Waals surface area contributed by atoms with Gasteiger partial charge < -0.3 is 0 Å². The molecule has 0 radical (unpaired) electrons. The molecule has 94 valence electrons. The van der Waals surface area contributed by atoms with E-state index in [1.807, 2.05) is 0 Å². The van der Waals surface area contributed by atoms with Crippen LogP contribution < -0.4 is 0 Å². The lowest BCUT2D eigenvalue weighted by Gasteiger charge is -2.34. The Morgan fingerprint density at radius 3 is 1.50 bits per heavy atom. The average Bonchev–Trinajstić information content (AvgIpc) is 2.25. The van der Waals surface area contributed by atoms with E-state index in [2.05, 4.69) is 13.8 Å². The zero-order valence-corrected chi connectivity index (χ0v) is 11.4. The van der Waals surface area contributed by atoms with Crippen molar-refractivity contribution in [1.82, 2.24) is 0 Å². The minimum atomic E-state index is 1.01. The Labute approximate surface area is 102 Å².